The molecule has 1 saturated carbocycles. The van der Waals surface area contributed by atoms with Gasteiger partial charge >= 0.3 is 5.97 Å². The van der Waals surface area contributed by atoms with E-state index in [2.05, 4.69) is 29.2 Å². The number of nitrogens with zero attached hydrogens (tertiary/aromatic N) is 1. The summed E-state index contributed by atoms with van der Waals surface area (Å²) in [4.78, 5) is 13.7. The molecule has 36 heavy (non-hydrogen) atoms. The number of carboxylic acid groups (broad SMARTS) is 1. The summed E-state index contributed by atoms with van der Waals surface area (Å²) in [5, 5.41) is 18.8. The Bertz CT molecular complexity index is 1230. The molecule has 5 rings (SSSR count). The molecule has 1 aliphatic carbocycles. The van der Waals surface area contributed by atoms with E-state index in [1.807, 2.05) is 36.4 Å². The molecule has 1 unspecified atom stereocenters. The van der Waals surface area contributed by atoms with Crippen LogP contribution in [0.5, 0.6) is 5.75 Å². The van der Waals surface area contributed by atoms with Gasteiger partial charge in [0.25, 0.3) is 0 Å². The average Bonchev–Trinajstić information content (AvgIpc) is 3.66. The molecule has 3 aromatic carbocycles. The van der Waals surface area contributed by atoms with E-state index < -0.39 is 12.0 Å². The molecular formula is C30H34N2O4. The fourth-order valence-corrected chi connectivity index (χ4v) is 5.19. The number of para-hydroxylation sites is 1. The molecule has 1 aliphatic heterocycles. The minimum absolute atomic E-state index is 0.0745. The number of rotatable bonds is 9. The van der Waals surface area contributed by atoms with Crippen LogP contribution in [-0.2, 0) is 17.8 Å². The predicted molar refractivity (Wildman–Crippen MR) is 141 cm³/mol. The van der Waals surface area contributed by atoms with E-state index in [4.69, 9.17) is 10.5 Å². The van der Waals surface area contributed by atoms with Crippen molar-refractivity contribution >= 4 is 11.7 Å². The molecule has 1 spiro atoms. The molecule has 1 heterocycles. The van der Waals surface area contributed by atoms with E-state index in [1.165, 1.54) is 31.4 Å². The van der Waals surface area contributed by atoms with Gasteiger partial charge in [0.1, 0.15) is 12.4 Å². The van der Waals surface area contributed by atoms with Crippen LogP contribution in [-0.4, -0.2) is 35.9 Å². The summed E-state index contributed by atoms with van der Waals surface area (Å²) in [6.45, 7) is 2.35. The lowest BCUT2D eigenvalue weighted by Gasteiger charge is -2.34. The topological polar surface area (TPSA) is 96.0 Å². The summed E-state index contributed by atoms with van der Waals surface area (Å²) >= 11 is 0. The molecular weight excluding hydrogens is 452 g/mol. The lowest BCUT2D eigenvalue weighted by Crippen LogP contribution is -2.34. The van der Waals surface area contributed by atoms with Crippen LogP contribution in [0.1, 0.15) is 48.4 Å². The highest BCUT2D eigenvalue weighted by Crippen LogP contribution is 2.54. The first kappa shape index (κ1) is 24.3. The monoisotopic (exact) mass is 486 g/mol. The van der Waals surface area contributed by atoms with Gasteiger partial charge in [0, 0.05) is 24.3 Å². The Labute approximate surface area is 212 Å². The number of hydrogen-bond donors (Lipinski definition) is 3. The maximum absolute atomic E-state index is 11.3. The van der Waals surface area contributed by atoms with Gasteiger partial charge in [0.2, 0.25) is 0 Å². The summed E-state index contributed by atoms with van der Waals surface area (Å²) in [5.41, 5.74) is 12.6. The fraction of sp³-hybridized carbons (Fsp3) is 0.367. The van der Waals surface area contributed by atoms with Crippen molar-refractivity contribution < 1.29 is 19.7 Å². The Kier molecular flexibility index (Phi) is 6.99. The van der Waals surface area contributed by atoms with E-state index in [-0.39, 0.29) is 13.0 Å². The van der Waals surface area contributed by atoms with Crippen LogP contribution < -0.4 is 15.4 Å². The Balaban J connectivity index is 1.44. The summed E-state index contributed by atoms with van der Waals surface area (Å²) in [6.07, 6.45) is 5.15. The standard InChI is InChI=1S/C30H34N2O4/c31-27(19-33)23-6-3-5-22(16-23)25-14-21(20-36-28-7-2-1-4-24(28)18-29(34)35)15-26(17-25)32-12-10-30(8-9-30)11-13-32/h1-7,14-17,27,33H,8-13,18-20,31H2,(H,34,35). The van der Waals surface area contributed by atoms with E-state index >= 15 is 0 Å². The zero-order valence-corrected chi connectivity index (χ0v) is 20.5. The highest BCUT2D eigenvalue weighted by molar-refractivity contribution is 5.72. The van der Waals surface area contributed by atoms with Gasteiger partial charge in [-0.05, 0) is 83.7 Å². The van der Waals surface area contributed by atoms with E-state index in [9.17, 15) is 15.0 Å². The van der Waals surface area contributed by atoms with Crippen molar-refractivity contribution in [1.29, 1.82) is 0 Å². The van der Waals surface area contributed by atoms with Crippen LogP contribution >= 0.6 is 0 Å². The molecule has 0 radical (unpaired) electrons. The van der Waals surface area contributed by atoms with E-state index in [1.54, 1.807) is 6.07 Å². The summed E-state index contributed by atoms with van der Waals surface area (Å²) in [5.74, 6) is -0.286. The number of ether oxygens (including phenoxy) is 1. The smallest absolute Gasteiger partial charge is 0.307 e. The molecule has 0 bridgehead atoms. The third-order valence-corrected chi connectivity index (χ3v) is 7.68. The van der Waals surface area contributed by atoms with Crippen LogP contribution in [0.25, 0.3) is 11.1 Å². The molecule has 0 amide bonds. The number of anilines is 1. The van der Waals surface area contributed by atoms with Crippen molar-refractivity contribution in [3.8, 4) is 16.9 Å². The van der Waals surface area contributed by atoms with Crippen LogP contribution in [0, 0.1) is 5.41 Å². The second-order valence-corrected chi connectivity index (χ2v) is 10.3. The number of nitrogens with two attached hydrogens (primary N) is 1. The van der Waals surface area contributed by atoms with Gasteiger partial charge < -0.3 is 25.6 Å². The van der Waals surface area contributed by atoms with Crippen molar-refractivity contribution in [1.82, 2.24) is 0 Å². The molecule has 6 heteroatoms. The molecule has 1 atom stereocenters. The van der Waals surface area contributed by atoms with Gasteiger partial charge in [-0.25, -0.2) is 0 Å². The molecule has 6 nitrogen and oxygen atoms in total. The third kappa shape index (κ3) is 5.55. The third-order valence-electron chi connectivity index (χ3n) is 7.68. The predicted octanol–water partition coefficient (Wildman–Crippen LogP) is 4.93. The van der Waals surface area contributed by atoms with Crippen LogP contribution in [0.4, 0.5) is 5.69 Å². The second-order valence-electron chi connectivity index (χ2n) is 10.3. The first-order valence-corrected chi connectivity index (χ1v) is 12.7. The van der Waals surface area contributed by atoms with Crippen molar-refractivity contribution in [2.45, 2.75) is 44.8 Å². The first-order valence-electron chi connectivity index (χ1n) is 12.7. The van der Waals surface area contributed by atoms with Crippen LogP contribution in [0.15, 0.2) is 66.7 Å². The van der Waals surface area contributed by atoms with Gasteiger partial charge in [0.05, 0.1) is 19.1 Å². The average molecular weight is 487 g/mol. The summed E-state index contributed by atoms with van der Waals surface area (Å²) in [7, 11) is 0. The van der Waals surface area contributed by atoms with Crippen LogP contribution in [0.3, 0.4) is 0 Å². The van der Waals surface area contributed by atoms with E-state index in [0.29, 0.717) is 23.3 Å². The minimum atomic E-state index is -0.880. The number of carbonyl (C=O) groups is 1. The molecule has 3 aromatic rings. The minimum Gasteiger partial charge on any atom is -0.489 e. The highest BCUT2D eigenvalue weighted by Gasteiger charge is 2.44. The number of benzene rings is 3. The zero-order valence-electron chi connectivity index (χ0n) is 20.5. The molecule has 2 aliphatic rings. The number of piperidine rings is 1. The lowest BCUT2D eigenvalue weighted by molar-refractivity contribution is -0.136. The molecule has 0 aromatic heterocycles. The Hall–Kier alpha value is -3.35. The number of carboxylic acids is 1. The Morgan fingerprint density at radius 3 is 2.47 bits per heavy atom. The first-order chi connectivity index (χ1) is 17.4. The molecule has 1 saturated heterocycles. The maximum Gasteiger partial charge on any atom is 0.307 e. The van der Waals surface area contributed by atoms with Crippen molar-refractivity contribution in [2.24, 2.45) is 11.1 Å². The Morgan fingerprint density at radius 1 is 0.972 bits per heavy atom. The lowest BCUT2D eigenvalue weighted by atomic mass is 9.92. The number of hydrogen-bond acceptors (Lipinski definition) is 5. The van der Waals surface area contributed by atoms with Gasteiger partial charge in [-0.2, -0.15) is 0 Å². The van der Waals surface area contributed by atoms with Gasteiger partial charge in [-0.1, -0.05) is 36.4 Å². The summed E-state index contributed by atoms with van der Waals surface area (Å²) < 4.78 is 6.14. The summed E-state index contributed by atoms with van der Waals surface area (Å²) in [6, 6.07) is 21.5. The van der Waals surface area contributed by atoms with Gasteiger partial charge in [-0.3, -0.25) is 4.79 Å². The Morgan fingerprint density at radius 2 is 1.75 bits per heavy atom. The van der Waals surface area contributed by atoms with Gasteiger partial charge in [-0.15, -0.1) is 0 Å². The number of aliphatic hydroxyl groups is 1. The van der Waals surface area contributed by atoms with Crippen molar-refractivity contribution in [2.75, 3.05) is 24.6 Å². The quantitative estimate of drug-likeness (QED) is 0.397. The highest BCUT2D eigenvalue weighted by atomic mass is 16.5. The molecule has 2 fully saturated rings. The number of aliphatic hydroxyl groups excluding tert-OH is 1. The SMILES string of the molecule is NC(CO)c1cccc(-c2cc(COc3ccccc3CC(=O)O)cc(N3CCC4(CC3)CC4)c2)c1. The largest absolute Gasteiger partial charge is 0.489 e. The van der Waals surface area contributed by atoms with Crippen LogP contribution in [0.2, 0.25) is 0 Å². The van der Waals surface area contributed by atoms with E-state index in [0.717, 1.165) is 35.3 Å². The fourth-order valence-electron chi connectivity index (χ4n) is 5.19. The zero-order chi connectivity index (χ0) is 25.1. The number of aliphatic carboxylic acids is 1. The van der Waals surface area contributed by atoms with Crippen molar-refractivity contribution in [3.63, 3.8) is 0 Å². The van der Waals surface area contributed by atoms with Gasteiger partial charge in [0.15, 0.2) is 0 Å². The maximum atomic E-state index is 11.3. The molecule has 4 N–H and O–H groups in total. The second kappa shape index (κ2) is 10.3. The normalized spacial score (nSPS) is 17.1. The van der Waals surface area contributed by atoms with Crippen molar-refractivity contribution in [3.05, 3.63) is 83.4 Å². The molecule has 188 valence electrons.